The number of fused-ring (bicyclic) bond motifs is 1. The van der Waals surface area contributed by atoms with Crippen molar-refractivity contribution in [2.24, 2.45) is 0 Å². The van der Waals surface area contributed by atoms with E-state index in [9.17, 15) is 14.4 Å². The minimum Gasteiger partial charge on any atom is -0.337 e. The van der Waals surface area contributed by atoms with Crippen LogP contribution in [0.4, 0.5) is 20.2 Å². The topological polar surface area (TPSA) is 73.0 Å². The Balaban J connectivity index is 0.00000433. The zero-order valence-electron chi connectivity index (χ0n) is 25.9. The molecule has 0 bridgehead atoms. The second-order valence-electron chi connectivity index (χ2n) is 11.6. The number of hydrogen-bond acceptors (Lipinski definition) is 4. The number of alkyl halides is 2. The molecular formula is C37H35ClF2N4O3. The summed E-state index contributed by atoms with van der Waals surface area (Å²) in [6.07, 6.45) is 0.412. The number of nitrogens with one attached hydrogen (secondary N) is 1. The molecule has 2 aliphatic heterocycles. The summed E-state index contributed by atoms with van der Waals surface area (Å²) in [5.41, 5.74) is 3.07. The fourth-order valence-corrected chi connectivity index (χ4v) is 5.88. The van der Waals surface area contributed by atoms with Gasteiger partial charge in [-0.25, -0.2) is 8.78 Å². The molecule has 0 unspecified atom stereocenters. The molecule has 47 heavy (non-hydrogen) atoms. The van der Waals surface area contributed by atoms with Crippen molar-refractivity contribution in [2.75, 3.05) is 50.0 Å². The molecule has 242 valence electrons. The number of likely N-dealkylation sites (N-methyl/N-ethyl adjacent to an activating group) is 1. The maximum absolute atomic E-state index is 15.7. The Morgan fingerprint density at radius 2 is 1.36 bits per heavy atom. The maximum atomic E-state index is 15.7. The highest BCUT2D eigenvalue weighted by atomic mass is 35.5. The van der Waals surface area contributed by atoms with E-state index in [4.69, 9.17) is 0 Å². The van der Waals surface area contributed by atoms with E-state index in [1.807, 2.05) is 49.5 Å². The SMILES string of the molecule is CN1CCN(C(=O)/C=C2\c3ccccc3N(C(=O)c3ccc(NC(=O)c4ccccc4-c4ccccc4)cc3)CCC2(F)F)CC1.Cl. The van der Waals surface area contributed by atoms with Gasteiger partial charge in [-0.15, -0.1) is 12.4 Å². The first-order valence-corrected chi connectivity index (χ1v) is 15.3. The molecule has 0 aromatic heterocycles. The molecule has 1 saturated heterocycles. The minimum absolute atomic E-state index is 0. The summed E-state index contributed by atoms with van der Waals surface area (Å²) in [4.78, 5) is 45.1. The molecule has 0 spiro atoms. The van der Waals surface area contributed by atoms with Crippen LogP contribution in [0, 0.1) is 0 Å². The first kappa shape index (κ1) is 33.5. The van der Waals surface area contributed by atoms with Gasteiger partial charge in [-0.3, -0.25) is 14.4 Å². The highest BCUT2D eigenvalue weighted by Gasteiger charge is 2.41. The predicted octanol–water partition coefficient (Wildman–Crippen LogP) is 6.87. The summed E-state index contributed by atoms with van der Waals surface area (Å²) in [6, 6.07) is 29.8. The number of para-hydroxylation sites is 1. The molecule has 3 amide bonds. The third-order valence-corrected chi connectivity index (χ3v) is 8.50. The number of carbonyl (C=O) groups is 3. The highest BCUT2D eigenvalue weighted by molar-refractivity contribution is 6.11. The number of amides is 3. The van der Waals surface area contributed by atoms with Crippen LogP contribution in [0.3, 0.4) is 0 Å². The normalized spacial score (nSPS) is 16.9. The lowest BCUT2D eigenvalue weighted by Crippen LogP contribution is -2.46. The second kappa shape index (κ2) is 14.3. The number of allylic oxidation sites excluding steroid dienone is 1. The number of piperazine rings is 1. The van der Waals surface area contributed by atoms with Crippen LogP contribution in [-0.4, -0.2) is 73.2 Å². The Morgan fingerprint density at radius 3 is 2.06 bits per heavy atom. The Bertz CT molecular complexity index is 1790. The highest BCUT2D eigenvalue weighted by Crippen LogP contribution is 2.43. The average molecular weight is 657 g/mol. The van der Waals surface area contributed by atoms with Gasteiger partial charge in [0.2, 0.25) is 5.91 Å². The standard InChI is InChI=1S/C37H34F2N4O3.ClH/c1-41-21-23-42(24-22-41)34(44)25-32-31-13-7-8-14-33(31)43(20-19-37(32,38)39)36(46)27-15-17-28(18-16-27)40-35(45)30-12-6-5-11-29(30)26-9-3-2-4-10-26;/h2-18,25H,19-24H2,1H3,(H,40,45);1H/b32-25+;. The lowest BCUT2D eigenvalue weighted by molar-refractivity contribution is -0.127. The van der Waals surface area contributed by atoms with Crippen LogP contribution in [0.5, 0.6) is 0 Å². The van der Waals surface area contributed by atoms with Gasteiger partial charge in [0.25, 0.3) is 17.7 Å². The van der Waals surface area contributed by atoms with Crippen molar-refractivity contribution in [1.82, 2.24) is 9.80 Å². The number of rotatable bonds is 5. The summed E-state index contributed by atoms with van der Waals surface area (Å²) in [7, 11) is 1.96. The van der Waals surface area contributed by atoms with Gasteiger partial charge in [0.15, 0.2) is 0 Å². The Labute approximate surface area is 278 Å². The van der Waals surface area contributed by atoms with Crippen LogP contribution in [0.25, 0.3) is 16.7 Å². The molecule has 10 heteroatoms. The summed E-state index contributed by atoms with van der Waals surface area (Å²) < 4.78 is 31.3. The van der Waals surface area contributed by atoms with Gasteiger partial charge in [-0.1, -0.05) is 66.7 Å². The van der Waals surface area contributed by atoms with Crippen LogP contribution in [0.1, 0.15) is 32.7 Å². The third kappa shape index (κ3) is 7.26. The van der Waals surface area contributed by atoms with Crippen LogP contribution in [-0.2, 0) is 4.79 Å². The lowest BCUT2D eigenvalue weighted by atomic mass is 9.96. The van der Waals surface area contributed by atoms with Gasteiger partial charge in [0.1, 0.15) is 0 Å². The fraction of sp³-hybridized carbons (Fsp3) is 0.216. The molecule has 6 rings (SSSR count). The van der Waals surface area contributed by atoms with E-state index in [-0.39, 0.29) is 41.6 Å². The molecule has 0 atom stereocenters. The number of halogens is 3. The largest absolute Gasteiger partial charge is 0.337 e. The molecule has 0 saturated carbocycles. The fourth-order valence-electron chi connectivity index (χ4n) is 5.88. The molecule has 2 aliphatic rings. The smallest absolute Gasteiger partial charge is 0.275 e. The quantitative estimate of drug-likeness (QED) is 0.238. The van der Waals surface area contributed by atoms with Crippen molar-refractivity contribution < 1.29 is 23.2 Å². The zero-order valence-corrected chi connectivity index (χ0v) is 26.7. The summed E-state index contributed by atoms with van der Waals surface area (Å²) in [6.45, 7) is 2.04. The Kier molecular flexibility index (Phi) is 10.2. The van der Waals surface area contributed by atoms with Crippen LogP contribution in [0.15, 0.2) is 109 Å². The molecule has 7 nitrogen and oxygen atoms in total. The van der Waals surface area contributed by atoms with Crippen molar-refractivity contribution in [3.63, 3.8) is 0 Å². The van der Waals surface area contributed by atoms with E-state index >= 15 is 8.78 Å². The number of hydrogen-bond donors (Lipinski definition) is 1. The Hall–Kier alpha value is -4.86. The van der Waals surface area contributed by atoms with E-state index < -0.39 is 24.2 Å². The molecule has 1 fully saturated rings. The van der Waals surface area contributed by atoms with E-state index in [1.165, 1.54) is 11.0 Å². The first-order valence-electron chi connectivity index (χ1n) is 15.3. The van der Waals surface area contributed by atoms with Crippen molar-refractivity contribution in [3.05, 3.63) is 126 Å². The van der Waals surface area contributed by atoms with Crippen molar-refractivity contribution in [1.29, 1.82) is 0 Å². The van der Waals surface area contributed by atoms with Gasteiger partial charge in [0, 0.05) is 73.2 Å². The van der Waals surface area contributed by atoms with E-state index in [1.54, 1.807) is 59.5 Å². The summed E-state index contributed by atoms with van der Waals surface area (Å²) in [5.74, 6) is -4.53. The van der Waals surface area contributed by atoms with Crippen molar-refractivity contribution in [3.8, 4) is 11.1 Å². The molecule has 4 aromatic rings. The molecule has 0 radical (unpaired) electrons. The number of benzene rings is 4. The molecule has 1 N–H and O–H groups in total. The molecular weight excluding hydrogens is 622 g/mol. The van der Waals surface area contributed by atoms with Gasteiger partial charge in [-0.2, -0.15) is 0 Å². The first-order chi connectivity index (χ1) is 22.2. The van der Waals surface area contributed by atoms with Crippen LogP contribution >= 0.6 is 12.4 Å². The van der Waals surface area contributed by atoms with E-state index in [0.717, 1.165) is 17.2 Å². The van der Waals surface area contributed by atoms with Gasteiger partial charge >= 0.3 is 0 Å². The lowest BCUT2D eigenvalue weighted by Gasteiger charge is -2.32. The van der Waals surface area contributed by atoms with Gasteiger partial charge < -0.3 is 20.0 Å². The maximum Gasteiger partial charge on any atom is 0.275 e. The number of nitrogens with zero attached hydrogens (tertiary/aromatic N) is 3. The van der Waals surface area contributed by atoms with E-state index in [2.05, 4.69) is 10.2 Å². The van der Waals surface area contributed by atoms with Gasteiger partial charge in [-0.05, 0) is 54.6 Å². The monoisotopic (exact) mass is 656 g/mol. The Morgan fingerprint density at radius 1 is 0.745 bits per heavy atom. The van der Waals surface area contributed by atoms with Gasteiger partial charge in [0.05, 0.1) is 5.69 Å². The molecule has 4 aromatic carbocycles. The predicted molar refractivity (Wildman–Crippen MR) is 183 cm³/mol. The third-order valence-electron chi connectivity index (χ3n) is 8.50. The number of anilines is 2. The van der Waals surface area contributed by atoms with Crippen LogP contribution < -0.4 is 10.2 Å². The molecule has 2 heterocycles. The van der Waals surface area contributed by atoms with Crippen molar-refractivity contribution in [2.45, 2.75) is 12.3 Å². The van der Waals surface area contributed by atoms with Crippen LogP contribution in [0.2, 0.25) is 0 Å². The summed E-state index contributed by atoms with van der Waals surface area (Å²) in [5, 5.41) is 2.89. The second-order valence-corrected chi connectivity index (χ2v) is 11.6. The molecule has 0 aliphatic carbocycles. The summed E-state index contributed by atoms with van der Waals surface area (Å²) >= 11 is 0. The average Bonchev–Trinajstić information content (AvgIpc) is 3.18. The number of carbonyl (C=O) groups excluding carboxylic acids is 3. The zero-order chi connectivity index (χ0) is 32.3. The van der Waals surface area contributed by atoms with Crippen molar-refractivity contribution >= 4 is 47.1 Å². The minimum atomic E-state index is -3.32. The van der Waals surface area contributed by atoms with E-state index in [0.29, 0.717) is 43.1 Å².